The SMILES string of the molecule is COc1cccc2c1O[C@H]1CC=C[C@@H](CC(=O)N(C)C)[C@@]21CCN(C)Cc1ccccc1. The van der Waals surface area contributed by atoms with E-state index in [4.69, 9.17) is 9.47 Å². The second kappa shape index (κ2) is 9.37. The van der Waals surface area contributed by atoms with Crippen LogP contribution >= 0.6 is 0 Å². The molecule has 0 bridgehead atoms. The second-order valence-corrected chi connectivity index (χ2v) is 9.22. The quantitative estimate of drug-likeness (QED) is 0.582. The van der Waals surface area contributed by atoms with Crippen molar-refractivity contribution < 1.29 is 14.3 Å². The van der Waals surface area contributed by atoms with Gasteiger partial charge in [-0.1, -0.05) is 54.6 Å². The molecule has 0 spiro atoms. The molecule has 0 aromatic heterocycles. The maximum Gasteiger partial charge on any atom is 0.222 e. The van der Waals surface area contributed by atoms with Crippen molar-refractivity contribution in [2.45, 2.75) is 37.3 Å². The Morgan fingerprint density at radius 2 is 1.91 bits per heavy atom. The van der Waals surface area contributed by atoms with E-state index in [9.17, 15) is 4.79 Å². The molecule has 1 aliphatic carbocycles. The Hall–Kier alpha value is -2.79. The van der Waals surface area contributed by atoms with Crippen LogP contribution in [0.2, 0.25) is 0 Å². The fraction of sp³-hybridized carbons (Fsp3) is 0.444. The number of rotatable bonds is 8. The third kappa shape index (κ3) is 4.14. The highest BCUT2D eigenvalue weighted by Crippen LogP contribution is 2.56. The number of methoxy groups -OCH3 is 1. The van der Waals surface area contributed by atoms with E-state index in [2.05, 4.69) is 54.4 Å². The molecule has 5 heteroatoms. The number of hydrogen-bond donors (Lipinski definition) is 0. The van der Waals surface area contributed by atoms with Gasteiger partial charge in [-0.15, -0.1) is 0 Å². The molecule has 0 saturated carbocycles. The van der Waals surface area contributed by atoms with Gasteiger partial charge in [-0.2, -0.15) is 0 Å². The topological polar surface area (TPSA) is 42.0 Å². The first-order valence-corrected chi connectivity index (χ1v) is 11.4. The standard InChI is InChI=1S/C27H34N2O3/c1-28(2)25(30)18-21-12-8-15-24-27(21,22-13-9-14-23(31-4)26(22)32-24)16-17-29(3)19-20-10-6-5-7-11-20/h5-14,21,24H,15-19H2,1-4H3/t21-,24-,27-/m0/s1. The van der Waals surface area contributed by atoms with E-state index in [0.29, 0.717) is 6.42 Å². The Labute approximate surface area is 191 Å². The molecule has 3 atom stereocenters. The van der Waals surface area contributed by atoms with Crippen molar-refractivity contribution in [1.29, 1.82) is 0 Å². The number of ether oxygens (including phenoxy) is 2. The molecule has 0 unspecified atom stereocenters. The second-order valence-electron chi connectivity index (χ2n) is 9.22. The lowest BCUT2D eigenvalue weighted by atomic mass is 9.61. The number of nitrogens with zero attached hydrogens (tertiary/aromatic N) is 2. The number of para-hydroxylation sites is 1. The Morgan fingerprint density at radius 3 is 2.62 bits per heavy atom. The molecule has 2 aliphatic rings. The molecule has 5 nitrogen and oxygen atoms in total. The van der Waals surface area contributed by atoms with Crippen molar-refractivity contribution in [2.75, 3.05) is 34.8 Å². The predicted molar refractivity (Wildman–Crippen MR) is 127 cm³/mol. The number of allylic oxidation sites excluding steroid dienone is 1. The van der Waals surface area contributed by atoms with Gasteiger partial charge in [0.25, 0.3) is 0 Å². The van der Waals surface area contributed by atoms with Crippen LogP contribution in [0.3, 0.4) is 0 Å². The summed E-state index contributed by atoms with van der Waals surface area (Å²) in [4.78, 5) is 16.8. The molecular weight excluding hydrogens is 400 g/mol. The van der Waals surface area contributed by atoms with Crippen LogP contribution in [0, 0.1) is 5.92 Å². The number of benzene rings is 2. The summed E-state index contributed by atoms with van der Waals surface area (Å²) >= 11 is 0. The molecule has 0 radical (unpaired) electrons. The van der Waals surface area contributed by atoms with Gasteiger partial charge >= 0.3 is 0 Å². The normalized spacial score (nSPS) is 23.4. The summed E-state index contributed by atoms with van der Waals surface area (Å²) in [6.45, 7) is 1.80. The van der Waals surface area contributed by atoms with E-state index >= 15 is 0 Å². The van der Waals surface area contributed by atoms with Crippen LogP contribution in [0.1, 0.15) is 30.4 Å². The van der Waals surface area contributed by atoms with Crippen LogP contribution < -0.4 is 9.47 Å². The maximum atomic E-state index is 12.8. The monoisotopic (exact) mass is 434 g/mol. The number of amides is 1. The van der Waals surface area contributed by atoms with Crippen LogP contribution in [-0.4, -0.2) is 56.6 Å². The summed E-state index contributed by atoms with van der Waals surface area (Å²) in [5, 5.41) is 0. The third-order valence-electron chi connectivity index (χ3n) is 7.01. The molecule has 2 aromatic rings. The summed E-state index contributed by atoms with van der Waals surface area (Å²) in [6.07, 6.45) is 6.66. The largest absolute Gasteiger partial charge is 0.493 e. The molecule has 0 fully saturated rings. The first-order chi connectivity index (χ1) is 15.5. The van der Waals surface area contributed by atoms with E-state index < -0.39 is 0 Å². The zero-order valence-electron chi connectivity index (χ0n) is 19.6. The zero-order chi connectivity index (χ0) is 22.7. The molecule has 2 aromatic carbocycles. The van der Waals surface area contributed by atoms with Gasteiger partial charge in [0, 0.05) is 44.5 Å². The van der Waals surface area contributed by atoms with Gasteiger partial charge in [-0.25, -0.2) is 0 Å². The first-order valence-electron chi connectivity index (χ1n) is 11.4. The highest BCUT2D eigenvalue weighted by atomic mass is 16.5. The van der Waals surface area contributed by atoms with Gasteiger partial charge in [0.15, 0.2) is 11.5 Å². The number of carbonyl (C=O) groups excluding carboxylic acids is 1. The van der Waals surface area contributed by atoms with Crippen LogP contribution in [0.5, 0.6) is 11.5 Å². The lowest BCUT2D eigenvalue weighted by Gasteiger charge is -2.43. The lowest BCUT2D eigenvalue weighted by Crippen LogP contribution is -2.49. The van der Waals surface area contributed by atoms with Crippen molar-refractivity contribution >= 4 is 5.91 Å². The van der Waals surface area contributed by atoms with E-state index in [-0.39, 0.29) is 23.3 Å². The fourth-order valence-corrected chi connectivity index (χ4v) is 5.27. The first kappa shape index (κ1) is 22.4. The molecule has 1 amide bonds. The number of fused-ring (bicyclic) bond motifs is 3. The van der Waals surface area contributed by atoms with E-state index in [0.717, 1.165) is 37.4 Å². The fourth-order valence-electron chi connectivity index (χ4n) is 5.27. The number of carbonyl (C=O) groups is 1. The van der Waals surface area contributed by atoms with Crippen molar-refractivity contribution in [2.24, 2.45) is 5.92 Å². The smallest absolute Gasteiger partial charge is 0.222 e. The lowest BCUT2D eigenvalue weighted by molar-refractivity contribution is -0.130. The van der Waals surface area contributed by atoms with Gasteiger partial charge in [-0.3, -0.25) is 4.79 Å². The molecule has 32 heavy (non-hydrogen) atoms. The number of hydrogen-bond acceptors (Lipinski definition) is 4. The Kier molecular flexibility index (Phi) is 6.56. The van der Waals surface area contributed by atoms with Gasteiger partial charge in [-0.05, 0) is 37.6 Å². The summed E-state index contributed by atoms with van der Waals surface area (Å²) in [5.74, 6) is 1.84. The Bertz CT molecular complexity index is 972. The molecule has 4 rings (SSSR count). The predicted octanol–water partition coefficient (Wildman–Crippen LogP) is 4.27. The molecular formula is C27H34N2O3. The maximum absolute atomic E-state index is 12.8. The summed E-state index contributed by atoms with van der Waals surface area (Å²) < 4.78 is 12.2. The molecule has 0 saturated heterocycles. The van der Waals surface area contributed by atoms with Crippen molar-refractivity contribution in [1.82, 2.24) is 9.80 Å². The Balaban J connectivity index is 1.66. The van der Waals surface area contributed by atoms with E-state index in [1.165, 1.54) is 11.1 Å². The van der Waals surface area contributed by atoms with Crippen molar-refractivity contribution in [3.8, 4) is 11.5 Å². The van der Waals surface area contributed by atoms with Gasteiger partial charge < -0.3 is 19.3 Å². The minimum absolute atomic E-state index is 0.00360. The molecule has 1 aliphatic heterocycles. The average Bonchev–Trinajstić information content (AvgIpc) is 3.13. The Morgan fingerprint density at radius 1 is 1.12 bits per heavy atom. The minimum atomic E-state index is -0.255. The van der Waals surface area contributed by atoms with Crippen molar-refractivity contribution in [3.63, 3.8) is 0 Å². The average molecular weight is 435 g/mol. The van der Waals surface area contributed by atoms with Crippen molar-refractivity contribution in [3.05, 3.63) is 71.8 Å². The summed E-state index contributed by atoms with van der Waals surface area (Å²) in [7, 11) is 7.51. The van der Waals surface area contributed by atoms with Gasteiger partial charge in [0.1, 0.15) is 6.10 Å². The van der Waals surface area contributed by atoms with Crippen LogP contribution in [0.4, 0.5) is 0 Å². The summed E-state index contributed by atoms with van der Waals surface area (Å²) in [6, 6.07) is 16.7. The van der Waals surface area contributed by atoms with Crippen LogP contribution in [-0.2, 0) is 16.8 Å². The van der Waals surface area contributed by atoms with E-state index in [1.54, 1.807) is 12.0 Å². The molecule has 170 valence electrons. The molecule has 1 heterocycles. The third-order valence-corrected chi connectivity index (χ3v) is 7.01. The van der Waals surface area contributed by atoms with Crippen LogP contribution in [0.15, 0.2) is 60.7 Å². The zero-order valence-corrected chi connectivity index (χ0v) is 19.6. The summed E-state index contributed by atoms with van der Waals surface area (Å²) in [5.41, 5.74) is 2.22. The highest BCUT2D eigenvalue weighted by Gasteiger charge is 2.55. The highest BCUT2D eigenvalue weighted by molar-refractivity contribution is 5.76. The van der Waals surface area contributed by atoms with Crippen LogP contribution in [0.25, 0.3) is 0 Å². The molecule has 0 N–H and O–H groups in total. The van der Waals surface area contributed by atoms with Gasteiger partial charge in [0.05, 0.1) is 7.11 Å². The van der Waals surface area contributed by atoms with Gasteiger partial charge in [0.2, 0.25) is 5.91 Å². The van der Waals surface area contributed by atoms with E-state index in [1.807, 2.05) is 32.3 Å². The minimum Gasteiger partial charge on any atom is -0.493 e.